The Bertz CT molecular complexity index is 1070. The molecule has 166 valence electrons. The average molecular weight is 455 g/mol. The van der Waals surface area contributed by atoms with Crippen molar-refractivity contribution in [2.75, 3.05) is 25.6 Å². The molecule has 1 saturated heterocycles. The fourth-order valence-corrected chi connectivity index (χ4v) is 3.82. The molecule has 0 saturated carbocycles. The smallest absolute Gasteiger partial charge is 0.343 e. The monoisotopic (exact) mass is 454 g/mol. The highest BCUT2D eigenvalue weighted by Gasteiger charge is 2.36. The fourth-order valence-electron chi connectivity index (χ4n) is 2.98. The van der Waals surface area contributed by atoms with Gasteiger partial charge in [0.15, 0.2) is 6.61 Å². The number of esters is 1. The van der Waals surface area contributed by atoms with Crippen LogP contribution in [0, 0.1) is 13.8 Å². The van der Waals surface area contributed by atoms with Crippen LogP contribution in [0.4, 0.5) is 10.5 Å². The molecular formula is C23H22N2O6S. The molecule has 0 aromatic heterocycles. The summed E-state index contributed by atoms with van der Waals surface area (Å²) in [6.07, 6.45) is 1.57. The second-order valence-corrected chi connectivity index (χ2v) is 8.01. The normalized spacial score (nSPS) is 14.6. The van der Waals surface area contributed by atoms with E-state index < -0.39 is 23.0 Å². The predicted molar refractivity (Wildman–Crippen MR) is 121 cm³/mol. The van der Waals surface area contributed by atoms with Gasteiger partial charge in [-0.1, -0.05) is 30.3 Å². The molecule has 0 aliphatic carbocycles. The molecule has 0 unspecified atom stereocenters. The van der Waals surface area contributed by atoms with E-state index in [-0.39, 0.29) is 18.1 Å². The van der Waals surface area contributed by atoms with E-state index in [0.29, 0.717) is 17.0 Å². The lowest BCUT2D eigenvalue weighted by molar-refractivity contribution is -0.142. The van der Waals surface area contributed by atoms with Gasteiger partial charge in [0.05, 0.1) is 12.0 Å². The number of hydrogen-bond donors (Lipinski definition) is 1. The number of aryl methyl sites for hydroxylation is 2. The number of nitrogens with one attached hydrogen (secondary N) is 1. The Labute approximate surface area is 189 Å². The van der Waals surface area contributed by atoms with Crippen molar-refractivity contribution in [1.29, 1.82) is 0 Å². The van der Waals surface area contributed by atoms with Crippen molar-refractivity contribution in [3.8, 4) is 5.75 Å². The number of amides is 3. The average Bonchev–Trinajstić information content (AvgIpc) is 3.03. The number of para-hydroxylation sites is 1. The molecule has 1 aliphatic rings. The molecule has 3 amide bonds. The van der Waals surface area contributed by atoms with Crippen molar-refractivity contribution in [1.82, 2.24) is 4.90 Å². The Kier molecular flexibility index (Phi) is 7.32. The number of benzene rings is 2. The Morgan fingerprint density at radius 2 is 1.72 bits per heavy atom. The fraction of sp³-hybridized carbons (Fsp3) is 0.217. The highest BCUT2D eigenvalue weighted by molar-refractivity contribution is 8.18. The number of thioether (sulfide) groups is 1. The van der Waals surface area contributed by atoms with Gasteiger partial charge in [0.25, 0.3) is 11.1 Å². The first kappa shape index (κ1) is 23.1. The Morgan fingerprint density at radius 1 is 1.06 bits per heavy atom. The highest BCUT2D eigenvalue weighted by atomic mass is 32.2. The van der Waals surface area contributed by atoms with Crippen molar-refractivity contribution < 1.29 is 28.7 Å². The van der Waals surface area contributed by atoms with Gasteiger partial charge in [-0.2, -0.15) is 0 Å². The van der Waals surface area contributed by atoms with E-state index in [4.69, 9.17) is 4.74 Å². The van der Waals surface area contributed by atoms with Gasteiger partial charge < -0.3 is 14.8 Å². The van der Waals surface area contributed by atoms with E-state index in [2.05, 4.69) is 10.1 Å². The number of nitrogens with zero attached hydrogens (tertiary/aromatic N) is 1. The molecule has 2 aromatic rings. The summed E-state index contributed by atoms with van der Waals surface area (Å²) in [6.45, 7) is 3.17. The van der Waals surface area contributed by atoms with Crippen molar-refractivity contribution in [3.05, 3.63) is 64.1 Å². The first-order chi connectivity index (χ1) is 15.3. The van der Waals surface area contributed by atoms with Gasteiger partial charge in [-0.3, -0.25) is 19.3 Å². The third kappa shape index (κ3) is 5.55. The Balaban J connectivity index is 1.64. The number of methoxy groups -OCH3 is 1. The highest BCUT2D eigenvalue weighted by Crippen LogP contribution is 2.32. The van der Waals surface area contributed by atoms with Gasteiger partial charge in [-0.15, -0.1) is 0 Å². The van der Waals surface area contributed by atoms with E-state index in [0.717, 1.165) is 27.8 Å². The standard InChI is InChI=1S/C23H22N2O6S/c1-14-5-4-6-15(2)21(14)24-19(26)12-25-22(28)18(32-23(25)29)11-16-7-9-17(10-8-16)31-13-20(27)30-3/h4-11H,12-13H2,1-3H3,(H,24,26)/b18-11-. The van der Waals surface area contributed by atoms with Crippen molar-refractivity contribution in [3.63, 3.8) is 0 Å². The molecule has 1 heterocycles. The van der Waals surface area contributed by atoms with Crippen LogP contribution in [0.2, 0.25) is 0 Å². The van der Waals surface area contributed by atoms with Crippen LogP contribution in [0.25, 0.3) is 6.08 Å². The van der Waals surface area contributed by atoms with Gasteiger partial charge in [-0.05, 0) is 60.5 Å². The van der Waals surface area contributed by atoms with E-state index >= 15 is 0 Å². The number of carbonyl (C=O) groups excluding carboxylic acids is 4. The van der Waals surface area contributed by atoms with Crippen LogP contribution in [0.3, 0.4) is 0 Å². The van der Waals surface area contributed by atoms with Crippen LogP contribution in [0.1, 0.15) is 16.7 Å². The molecule has 0 bridgehead atoms. The van der Waals surface area contributed by atoms with E-state index in [1.807, 2.05) is 32.0 Å². The number of anilines is 1. The third-order valence-electron chi connectivity index (χ3n) is 4.68. The summed E-state index contributed by atoms with van der Waals surface area (Å²) < 4.78 is 9.78. The maximum atomic E-state index is 12.7. The zero-order chi connectivity index (χ0) is 23.3. The SMILES string of the molecule is COC(=O)COc1ccc(/C=C2\SC(=O)N(CC(=O)Nc3c(C)cccc3C)C2=O)cc1. The molecule has 1 N–H and O–H groups in total. The largest absolute Gasteiger partial charge is 0.482 e. The van der Waals surface area contributed by atoms with E-state index in [1.165, 1.54) is 7.11 Å². The summed E-state index contributed by atoms with van der Waals surface area (Å²) in [6, 6.07) is 12.3. The summed E-state index contributed by atoms with van der Waals surface area (Å²) in [7, 11) is 1.27. The maximum Gasteiger partial charge on any atom is 0.343 e. The molecule has 1 aliphatic heterocycles. The Morgan fingerprint density at radius 3 is 2.34 bits per heavy atom. The lowest BCUT2D eigenvalue weighted by Gasteiger charge is -2.15. The minimum Gasteiger partial charge on any atom is -0.482 e. The van der Waals surface area contributed by atoms with Gasteiger partial charge in [0.1, 0.15) is 12.3 Å². The van der Waals surface area contributed by atoms with E-state index in [9.17, 15) is 19.2 Å². The van der Waals surface area contributed by atoms with Crippen molar-refractivity contribution >= 4 is 46.5 Å². The van der Waals surface area contributed by atoms with Gasteiger partial charge in [0.2, 0.25) is 5.91 Å². The maximum absolute atomic E-state index is 12.7. The van der Waals surface area contributed by atoms with Crippen LogP contribution in [0.5, 0.6) is 5.75 Å². The first-order valence-electron chi connectivity index (χ1n) is 9.69. The zero-order valence-corrected chi connectivity index (χ0v) is 18.7. The van der Waals surface area contributed by atoms with Gasteiger partial charge in [0, 0.05) is 5.69 Å². The molecule has 0 atom stereocenters. The van der Waals surface area contributed by atoms with Gasteiger partial charge in [-0.25, -0.2) is 4.79 Å². The number of hydrogen-bond acceptors (Lipinski definition) is 7. The lowest BCUT2D eigenvalue weighted by Crippen LogP contribution is -2.36. The minimum absolute atomic E-state index is 0.209. The number of imide groups is 1. The Hall–Kier alpha value is -3.59. The molecule has 8 nitrogen and oxygen atoms in total. The molecule has 2 aromatic carbocycles. The van der Waals surface area contributed by atoms with Gasteiger partial charge >= 0.3 is 5.97 Å². The quantitative estimate of drug-likeness (QED) is 0.504. The number of ether oxygens (including phenoxy) is 2. The summed E-state index contributed by atoms with van der Waals surface area (Å²) >= 11 is 0.779. The summed E-state index contributed by atoms with van der Waals surface area (Å²) in [5.41, 5.74) is 3.13. The minimum atomic E-state index is -0.525. The van der Waals surface area contributed by atoms with E-state index in [1.54, 1.807) is 30.3 Å². The lowest BCUT2D eigenvalue weighted by atomic mass is 10.1. The van der Waals surface area contributed by atoms with Crippen LogP contribution in [-0.4, -0.2) is 48.2 Å². The molecule has 0 spiro atoms. The summed E-state index contributed by atoms with van der Waals surface area (Å²) in [5, 5.41) is 2.28. The molecule has 32 heavy (non-hydrogen) atoms. The molecule has 9 heteroatoms. The predicted octanol–water partition coefficient (Wildman–Crippen LogP) is 3.53. The molecule has 3 rings (SSSR count). The third-order valence-corrected chi connectivity index (χ3v) is 5.59. The van der Waals surface area contributed by atoms with Crippen LogP contribution >= 0.6 is 11.8 Å². The second kappa shape index (κ2) is 10.1. The molecule has 0 radical (unpaired) electrons. The molecular weight excluding hydrogens is 432 g/mol. The van der Waals surface area contributed by atoms with Crippen molar-refractivity contribution in [2.24, 2.45) is 0 Å². The zero-order valence-electron chi connectivity index (χ0n) is 17.8. The first-order valence-corrected chi connectivity index (χ1v) is 10.5. The van der Waals surface area contributed by atoms with Crippen molar-refractivity contribution in [2.45, 2.75) is 13.8 Å². The van der Waals surface area contributed by atoms with Crippen LogP contribution in [0.15, 0.2) is 47.4 Å². The summed E-state index contributed by atoms with van der Waals surface area (Å²) in [5.74, 6) is -1.01. The number of rotatable bonds is 7. The molecule has 1 fully saturated rings. The number of carbonyl (C=O) groups is 4. The summed E-state index contributed by atoms with van der Waals surface area (Å²) in [4.78, 5) is 49.7. The van der Waals surface area contributed by atoms with Crippen LogP contribution < -0.4 is 10.1 Å². The second-order valence-electron chi connectivity index (χ2n) is 7.02. The van der Waals surface area contributed by atoms with Crippen LogP contribution in [-0.2, 0) is 19.1 Å². The topological polar surface area (TPSA) is 102 Å².